The molecule has 0 aliphatic rings. The van der Waals surface area contributed by atoms with E-state index in [-0.39, 0.29) is 0 Å². The first-order valence-electron chi connectivity index (χ1n) is 6.07. The SMILES string of the molecule is CCc1cccc(-c2sc(CNC)cc2C)c1. The molecule has 2 aromatic rings. The van der Waals surface area contributed by atoms with Gasteiger partial charge in [-0.2, -0.15) is 0 Å². The minimum absolute atomic E-state index is 0.957. The van der Waals surface area contributed by atoms with Crippen molar-refractivity contribution in [1.82, 2.24) is 5.32 Å². The van der Waals surface area contributed by atoms with Crippen LogP contribution in [-0.2, 0) is 13.0 Å². The van der Waals surface area contributed by atoms with E-state index in [0.717, 1.165) is 13.0 Å². The molecule has 0 bridgehead atoms. The summed E-state index contributed by atoms with van der Waals surface area (Å²) in [5, 5.41) is 3.21. The third kappa shape index (κ3) is 2.76. The van der Waals surface area contributed by atoms with Crippen LogP contribution in [-0.4, -0.2) is 7.05 Å². The van der Waals surface area contributed by atoms with Gasteiger partial charge in [0, 0.05) is 16.3 Å². The maximum absolute atomic E-state index is 3.21. The Kier molecular flexibility index (Phi) is 3.97. The van der Waals surface area contributed by atoms with Crippen molar-refractivity contribution < 1.29 is 0 Å². The largest absolute Gasteiger partial charge is 0.315 e. The van der Waals surface area contributed by atoms with Crippen molar-refractivity contribution in [2.24, 2.45) is 0 Å². The molecule has 1 aromatic heterocycles. The lowest BCUT2D eigenvalue weighted by Gasteiger charge is -2.02. The second-order valence-corrected chi connectivity index (χ2v) is 5.45. The van der Waals surface area contributed by atoms with E-state index in [1.54, 1.807) is 0 Å². The summed E-state index contributed by atoms with van der Waals surface area (Å²) in [4.78, 5) is 2.81. The van der Waals surface area contributed by atoms with Crippen molar-refractivity contribution in [1.29, 1.82) is 0 Å². The van der Waals surface area contributed by atoms with Crippen LogP contribution in [0.3, 0.4) is 0 Å². The van der Waals surface area contributed by atoms with E-state index in [9.17, 15) is 0 Å². The average molecular weight is 245 g/mol. The molecule has 0 saturated heterocycles. The molecule has 2 rings (SSSR count). The van der Waals surface area contributed by atoms with Gasteiger partial charge >= 0.3 is 0 Å². The van der Waals surface area contributed by atoms with Gasteiger partial charge < -0.3 is 5.32 Å². The first kappa shape index (κ1) is 12.3. The molecule has 0 atom stereocenters. The number of rotatable bonds is 4. The third-order valence-corrected chi connectivity index (χ3v) is 4.20. The average Bonchev–Trinajstić information content (AvgIpc) is 2.71. The Bertz CT molecular complexity index is 499. The Morgan fingerprint density at radius 2 is 2.06 bits per heavy atom. The first-order valence-corrected chi connectivity index (χ1v) is 6.89. The van der Waals surface area contributed by atoms with Crippen molar-refractivity contribution in [3.8, 4) is 10.4 Å². The lowest BCUT2D eigenvalue weighted by atomic mass is 10.1. The fourth-order valence-corrected chi connectivity index (χ4v) is 3.21. The zero-order chi connectivity index (χ0) is 12.3. The number of nitrogens with one attached hydrogen (secondary N) is 1. The summed E-state index contributed by atoms with van der Waals surface area (Å²) < 4.78 is 0. The minimum Gasteiger partial charge on any atom is -0.315 e. The van der Waals surface area contributed by atoms with E-state index in [1.165, 1.54) is 26.4 Å². The monoisotopic (exact) mass is 245 g/mol. The Labute approximate surface area is 108 Å². The number of aryl methyl sites for hydroxylation is 2. The molecular weight excluding hydrogens is 226 g/mol. The molecule has 90 valence electrons. The van der Waals surface area contributed by atoms with Crippen molar-refractivity contribution in [3.63, 3.8) is 0 Å². The zero-order valence-corrected chi connectivity index (χ0v) is 11.5. The van der Waals surface area contributed by atoms with Crippen LogP contribution in [0.5, 0.6) is 0 Å². The Balaban J connectivity index is 2.37. The molecule has 1 N–H and O–H groups in total. The van der Waals surface area contributed by atoms with Crippen LogP contribution >= 0.6 is 11.3 Å². The van der Waals surface area contributed by atoms with Crippen LogP contribution in [0.4, 0.5) is 0 Å². The maximum Gasteiger partial charge on any atom is 0.0375 e. The van der Waals surface area contributed by atoms with Gasteiger partial charge in [-0.3, -0.25) is 0 Å². The van der Waals surface area contributed by atoms with Crippen molar-refractivity contribution in [2.75, 3.05) is 7.05 Å². The topological polar surface area (TPSA) is 12.0 Å². The van der Waals surface area contributed by atoms with Gasteiger partial charge in [-0.15, -0.1) is 11.3 Å². The molecule has 0 aliphatic carbocycles. The molecule has 0 saturated carbocycles. The summed E-state index contributed by atoms with van der Waals surface area (Å²) in [6.07, 6.45) is 1.10. The molecule has 2 heteroatoms. The summed E-state index contributed by atoms with van der Waals surface area (Å²) in [5.74, 6) is 0. The quantitative estimate of drug-likeness (QED) is 0.858. The van der Waals surface area contributed by atoms with Gasteiger partial charge in [0.25, 0.3) is 0 Å². The summed E-state index contributed by atoms with van der Waals surface area (Å²) in [6, 6.07) is 11.2. The first-order chi connectivity index (χ1) is 8.24. The summed E-state index contributed by atoms with van der Waals surface area (Å²) >= 11 is 1.89. The van der Waals surface area contributed by atoms with Crippen LogP contribution in [0.1, 0.15) is 22.9 Å². The molecule has 0 amide bonds. The molecule has 1 heterocycles. The summed E-state index contributed by atoms with van der Waals surface area (Å²) in [7, 11) is 1.99. The van der Waals surface area contributed by atoms with Gasteiger partial charge in [-0.25, -0.2) is 0 Å². The van der Waals surface area contributed by atoms with Crippen LogP contribution in [0.25, 0.3) is 10.4 Å². The van der Waals surface area contributed by atoms with Gasteiger partial charge in [0.05, 0.1) is 0 Å². The molecule has 17 heavy (non-hydrogen) atoms. The number of hydrogen-bond donors (Lipinski definition) is 1. The maximum atomic E-state index is 3.21. The Morgan fingerprint density at radius 3 is 2.76 bits per heavy atom. The molecule has 1 nitrogen and oxygen atoms in total. The number of hydrogen-bond acceptors (Lipinski definition) is 2. The van der Waals surface area contributed by atoms with Crippen molar-refractivity contribution in [3.05, 3.63) is 46.3 Å². The normalized spacial score (nSPS) is 10.8. The van der Waals surface area contributed by atoms with Crippen LogP contribution in [0.2, 0.25) is 0 Å². The second kappa shape index (κ2) is 5.48. The van der Waals surface area contributed by atoms with E-state index in [4.69, 9.17) is 0 Å². The van der Waals surface area contributed by atoms with E-state index in [0.29, 0.717) is 0 Å². The van der Waals surface area contributed by atoms with Crippen LogP contribution in [0.15, 0.2) is 30.3 Å². The smallest absolute Gasteiger partial charge is 0.0375 e. The van der Waals surface area contributed by atoms with Gasteiger partial charge in [0.1, 0.15) is 0 Å². The van der Waals surface area contributed by atoms with Gasteiger partial charge in [0.2, 0.25) is 0 Å². The highest BCUT2D eigenvalue weighted by Gasteiger charge is 2.07. The zero-order valence-electron chi connectivity index (χ0n) is 10.7. The van der Waals surface area contributed by atoms with Crippen LogP contribution < -0.4 is 5.32 Å². The molecule has 0 fully saturated rings. The van der Waals surface area contributed by atoms with Gasteiger partial charge in [-0.1, -0.05) is 31.2 Å². The second-order valence-electron chi connectivity index (χ2n) is 4.31. The molecule has 0 unspecified atom stereocenters. The highest BCUT2D eigenvalue weighted by molar-refractivity contribution is 7.15. The lowest BCUT2D eigenvalue weighted by molar-refractivity contribution is 0.831. The molecule has 1 aromatic carbocycles. The van der Waals surface area contributed by atoms with Crippen molar-refractivity contribution in [2.45, 2.75) is 26.8 Å². The Hall–Kier alpha value is -1.12. The standard InChI is InChI=1S/C15H19NS/c1-4-12-6-5-7-13(9-12)15-11(2)8-14(17-15)10-16-3/h5-9,16H,4,10H2,1-3H3. The Morgan fingerprint density at radius 1 is 1.24 bits per heavy atom. The molecule has 0 spiro atoms. The van der Waals surface area contributed by atoms with E-state index >= 15 is 0 Å². The lowest BCUT2D eigenvalue weighted by Crippen LogP contribution is -2.02. The van der Waals surface area contributed by atoms with Gasteiger partial charge in [-0.05, 0) is 43.1 Å². The number of benzene rings is 1. The van der Waals surface area contributed by atoms with E-state index < -0.39 is 0 Å². The highest BCUT2D eigenvalue weighted by Crippen LogP contribution is 2.32. The predicted octanol–water partition coefficient (Wildman–Crippen LogP) is 4.01. The molecular formula is C15H19NS. The van der Waals surface area contributed by atoms with E-state index in [1.807, 2.05) is 18.4 Å². The fourth-order valence-electron chi connectivity index (χ4n) is 2.03. The third-order valence-electron chi connectivity index (χ3n) is 2.92. The summed E-state index contributed by atoms with van der Waals surface area (Å²) in [6.45, 7) is 5.36. The van der Waals surface area contributed by atoms with Gasteiger partial charge in [0.15, 0.2) is 0 Å². The van der Waals surface area contributed by atoms with E-state index in [2.05, 4.69) is 49.5 Å². The minimum atomic E-state index is 0.957. The predicted molar refractivity (Wildman–Crippen MR) is 76.6 cm³/mol. The summed E-state index contributed by atoms with van der Waals surface area (Å²) in [5.41, 5.74) is 4.15. The molecule has 0 radical (unpaired) electrons. The van der Waals surface area contributed by atoms with Crippen LogP contribution in [0, 0.1) is 6.92 Å². The fraction of sp³-hybridized carbons (Fsp3) is 0.333. The van der Waals surface area contributed by atoms with Crippen molar-refractivity contribution >= 4 is 11.3 Å². The molecule has 0 aliphatic heterocycles. The number of thiophene rings is 1. The highest BCUT2D eigenvalue weighted by atomic mass is 32.1.